The van der Waals surface area contributed by atoms with Gasteiger partial charge in [-0.15, -0.1) is 0 Å². The number of hydrogen-bond acceptors (Lipinski definition) is 6. The van der Waals surface area contributed by atoms with Crippen LogP contribution in [-0.2, 0) is 6.54 Å². The molecule has 3 atom stereocenters. The average Bonchev–Trinajstić information content (AvgIpc) is 3.39. The molecule has 3 N–H and O–H groups in total. The molecule has 7 nitrogen and oxygen atoms in total. The molecule has 0 aromatic carbocycles. The van der Waals surface area contributed by atoms with Crippen LogP contribution in [0, 0.1) is 0 Å². The molecule has 3 unspecified atom stereocenters. The number of piperazine rings is 1. The molecule has 2 bridgehead atoms. The van der Waals surface area contributed by atoms with E-state index in [2.05, 4.69) is 26.9 Å². The van der Waals surface area contributed by atoms with E-state index in [1.54, 1.807) is 6.20 Å². The van der Waals surface area contributed by atoms with Gasteiger partial charge in [0, 0.05) is 61.9 Å². The molecule has 148 valence electrons. The summed E-state index contributed by atoms with van der Waals surface area (Å²) in [7, 11) is 0. The fourth-order valence-corrected chi connectivity index (χ4v) is 4.93. The molecule has 0 saturated carbocycles. The molecule has 5 rings (SSSR count). The fraction of sp³-hybridized carbons (Fsp3) is 0.476. The zero-order valence-electron chi connectivity index (χ0n) is 15.8. The maximum Gasteiger partial charge on any atom is 0.198 e. The van der Waals surface area contributed by atoms with E-state index >= 15 is 0 Å². The predicted octanol–water partition coefficient (Wildman–Crippen LogP) is 1.62. The molecule has 2 aromatic heterocycles. The molecule has 2 aliphatic carbocycles. The van der Waals surface area contributed by atoms with Crippen LogP contribution < -0.4 is 4.90 Å². The lowest BCUT2D eigenvalue weighted by molar-refractivity contribution is 0.0906. The quantitative estimate of drug-likeness (QED) is 0.682. The molecule has 0 amide bonds. The molecule has 1 aliphatic heterocycles. The number of aromatic nitrogens is 2. The second-order valence-corrected chi connectivity index (χ2v) is 8.05. The van der Waals surface area contributed by atoms with E-state index in [1.165, 1.54) is 4.57 Å². The lowest BCUT2D eigenvalue weighted by Crippen LogP contribution is -2.49. The van der Waals surface area contributed by atoms with Crippen LogP contribution in [0.3, 0.4) is 0 Å². The Kier molecular flexibility index (Phi) is 4.29. The van der Waals surface area contributed by atoms with Crippen LogP contribution in [0.15, 0.2) is 36.5 Å². The molecule has 3 aliphatic rings. The van der Waals surface area contributed by atoms with Crippen LogP contribution >= 0.6 is 0 Å². The first kappa shape index (κ1) is 17.6. The molecule has 1 fully saturated rings. The summed E-state index contributed by atoms with van der Waals surface area (Å²) in [6.07, 6.45) is 6.30. The van der Waals surface area contributed by atoms with Crippen LogP contribution in [0.1, 0.15) is 29.4 Å². The number of anilines is 1. The van der Waals surface area contributed by atoms with Gasteiger partial charge in [-0.25, -0.2) is 4.98 Å². The number of allylic oxidation sites excluding steroid dienone is 2. The largest absolute Gasteiger partial charge is 0.494 e. The van der Waals surface area contributed by atoms with Crippen LogP contribution in [-0.4, -0.2) is 68.6 Å². The first-order chi connectivity index (χ1) is 13.6. The van der Waals surface area contributed by atoms with Gasteiger partial charge in [-0.3, -0.25) is 9.47 Å². The Balaban J connectivity index is 1.20. The third-order valence-electron chi connectivity index (χ3n) is 6.32. The van der Waals surface area contributed by atoms with Crippen molar-refractivity contribution in [3.05, 3.63) is 47.7 Å². The number of hydrogen-bond donors (Lipinski definition) is 3. The number of fused-ring (bicyclic) bond motifs is 5. The number of aliphatic hydroxyl groups is 1. The first-order valence-electron chi connectivity index (χ1n) is 10.0. The highest BCUT2D eigenvalue weighted by atomic mass is 16.3. The zero-order chi connectivity index (χ0) is 19.3. The molecule has 28 heavy (non-hydrogen) atoms. The number of aromatic hydroxyl groups is 2. The smallest absolute Gasteiger partial charge is 0.198 e. The normalized spacial score (nSPS) is 24.7. The SMILES string of the molecule is Oc1c2c(c(O)n1CC(O)CN1CCN(c3ccccn3)CC1)C1C=CC2C1. The molecule has 0 spiro atoms. The van der Waals surface area contributed by atoms with Crippen molar-refractivity contribution in [3.8, 4) is 11.8 Å². The Morgan fingerprint density at radius 1 is 0.964 bits per heavy atom. The summed E-state index contributed by atoms with van der Waals surface area (Å²) in [5.41, 5.74) is 1.70. The summed E-state index contributed by atoms with van der Waals surface area (Å²) in [5.74, 6) is 1.61. The van der Waals surface area contributed by atoms with E-state index in [4.69, 9.17) is 0 Å². The van der Waals surface area contributed by atoms with Gasteiger partial charge < -0.3 is 20.2 Å². The summed E-state index contributed by atoms with van der Waals surface area (Å²) in [6, 6.07) is 5.93. The average molecular weight is 382 g/mol. The Morgan fingerprint density at radius 3 is 2.25 bits per heavy atom. The molecule has 2 aromatic rings. The number of aliphatic hydroxyl groups excluding tert-OH is 1. The number of nitrogens with zero attached hydrogens (tertiary/aromatic N) is 4. The molecular formula is C21H26N4O3. The minimum absolute atomic E-state index is 0.114. The minimum Gasteiger partial charge on any atom is -0.494 e. The summed E-state index contributed by atoms with van der Waals surface area (Å²) in [5, 5.41) is 31.8. The zero-order valence-corrected chi connectivity index (χ0v) is 15.8. The highest BCUT2D eigenvalue weighted by molar-refractivity contribution is 5.58. The lowest BCUT2D eigenvalue weighted by atomic mass is 10.0. The monoisotopic (exact) mass is 382 g/mol. The van der Waals surface area contributed by atoms with Crippen LogP contribution in [0.5, 0.6) is 11.8 Å². The number of rotatable bonds is 5. The van der Waals surface area contributed by atoms with Crippen molar-refractivity contribution in [2.75, 3.05) is 37.6 Å². The standard InChI is InChI=1S/C21H26N4O3/c26-16(12-23-7-9-24(10-8-23)17-3-1-2-6-22-17)13-25-20(27)18-14-4-5-15(11-14)19(18)21(25)28/h1-6,14-16,26-28H,7-13H2. The Morgan fingerprint density at radius 2 is 1.64 bits per heavy atom. The Labute approximate surface area is 164 Å². The van der Waals surface area contributed by atoms with Gasteiger partial charge in [0.1, 0.15) is 5.82 Å². The van der Waals surface area contributed by atoms with Crippen LogP contribution in [0.4, 0.5) is 5.82 Å². The molecule has 0 radical (unpaired) electrons. The van der Waals surface area contributed by atoms with E-state index < -0.39 is 6.10 Å². The van der Waals surface area contributed by atoms with Crippen molar-refractivity contribution in [3.63, 3.8) is 0 Å². The fourth-order valence-electron chi connectivity index (χ4n) is 4.93. The first-order valence-corrected chi connectivity index (χ1v) is 10.0. The molecule has 7 heteroatoms. The second kappa shape index (κ2) is 6.83. The minimum atomic E-state index is -0.656. The highest BCUT2D eigenvalue weighted by Crippen LogP contribution is 2.56. The van der Waals surface area contributed by atoms with Crippen molar-refractivity contribution in [1.82, 2.24) is 14.5 Å². The van der Waals surface area contributed by atoms with Crippen molar-refractivity contribution < 1.29 is 15.3 Å². The topological polar surface area (TPSA) is 85.0 Å². The van der Waals surface area contributed by atoms with Crippen molar-refractivity contribution in [2.24, 2.45) is 0 Å². The maximum absolute atomic E-state index is 10.6. The van der Waals surface area contributed by atoms with Crippen molar-refractivity contribution in [1.29, 1.82) is 0 Å². The number of pyridine rings is 1. The second-order valence-electron chi connectivity index (χ2n) is 8.05. The van der Waals surface area contributed by atoms with Gasteiger partial charge in [0.15, 0.2) is 11.8 Å². The summed E-state index contributed by atoms with van der Waals surface area (Å²) in [6.45, 7) is 4.15. The molecule has 3 heterocycles. The van der Waals surface area contributed by atoms with Gasteiger partial charge in [-0.1, -0.05) is 18.2 Å². The van der Waals surface area contributed by atoms with E-state index in [1.807, 2.05) is 18.2 Å². The summed E-state index contributed by atoms with van der Waals surface area (Å²) < 4.78 is 1.48. The number of β-amino-alcohol motifs (C(OH)–C–C–N with tert-alkyl or cyclic N) is 1. The lowest BCUT2D eigenvalue weighted by Gasteiger charge is -2.36. The van der Waals surface area contributed by atoms with E-state index in [9.17, 15) is 15.3 Å². The summed E-state index contributed by atoms with van der Waals surface area (Å²) >= 11 is 0. The van der Waals surface area contributed by atoms with Gasteiger partial charge in [-0.05, 0) is 18.6 Å². The van der Waals surface area contributed by atoms with Crippen LogP contribution in [0.2, 0.25) is 0 Å². The van der Waals surface area contributed by atoms with Crippen molar-refractivity contribution >= 4 is 5.82 Å². The van der Waals surface area contributed by atoms with Crippen LogP contribution in [0.25, 0.3) is 0 Å². The van der Waals surface area contributed by atoms with E-state index in [0.29, 0.717) is 6.54 Å². The van der Waals surface area contributed by atoms with Crippen molar-refractivity contribution in [2.45, 2.75) is 30.9 Å². The molecule has 1 saturated heterocycles. The Bertz CT molecular complexity index is 851. The van der Waals surface area contributed by atoms with E-state index in [-0.39, 0.29) is 30.1 Å². The van der Waals surface area contributed by atoms with Gasteiger partial charge >= 0.3 is 0 Å². The molecular weight excluding hydrogens is 356 g/mol. The van der Waals surface area contributed by atoms with Gasteiger partial charge in [0.25, 0.3) is 0 Å². The highest BCUT2D eigenvalue weighted by Gasteiger charge is 2.41. The summed E-state index contributed by atoms with van der Waals surface area (Å²) in [4.78, 5) is 8.87. The van der Waals surface area contributed by atoms with E-state index in [0.717, 1.165) is 49.5 Å². The Hall–Kier alpha value is -2.51. The predicted molar refractivity (Wildman–Crippen MR) is 106 cm³/mol. The third-order valence-corrected chi connectivity index (χ3v) is 6.32. The van der Waals surface area contributed by atoms with Gasteiger partial charge in [-0.2, -0.15) is 0 Å². The third kappa shape index (κ3) is 2.86. The van der Waals surface area contributed by atoms with Gasteiger partial charge in [0.05, 0.1) is 12.6 Å². The van der Waals surface area contributed by atoms with Gasteiger partial charge in [0.2, 0.25) is 0 Å². The maximum atomic E-state index is 10.6.